The summed E-state index contributed by atoms with van der Waals surface area (Å²) < 4.78 is 5.90. The van der Waals surface area contributed by atoms with Crippen molar-refractivity contribution < 1.29 is 14.3 Å². The molecular weight excluding hydrogens is 328 g/mol. The van der Waals surface area contributed by atoms with E-state index in [1.165, 1.54) is 0 Å². The van der Waals surface area contributed by atoms with Crippen molar-refractivity contribution in [2.45, 2.75) is 38.7 Å². The highest BCUT2D eigenvalue weighted by atomic mass is 16.5. The summed E-state index contributed by atoms with van der Waals surface area (Å²) in [6, 6.07) is 13.1. The van der Waals surface area contributed by atoms with Gasteiger partial charge in [0.25, 0.3) is 5.91 Å². The molecule has 1 N–H and O–H groups in total. The van der Waals surface area contributed by atoms with E-state index in [1.54, 1.807) is 11.0 Å². The maximum absolute atomic E-state index is 12.7. The van der Waals surface area contributed by atoms with Gasteiger partial charge in [-0.25, -0.2) is 0 Å². The Labute approximate surface area is 153 Å². The molecule has 2 aliphatic heterocycles. The third-order valence-corrected chi connectivity index (χ3v) is 5.30. The van der Waals surface area contributed by atoms with Crippen molar-refractivity contribution in [3.8, 4) is 5.75 Å². The number of hydrogen-bond donors (Lipinski definition) is 1. The number of amides is 2. The Morgan fingerprint density at radius 1 is 1.15 bits per heavy atom. The molecule has 2 aromatic carbocycles. The van der Waals surface area contributed by atoms with Crippen LogP contribution in [0.25, 0.3) is 0 Å². The van der Waals surface area contributed by atoms with Gasteiger partial charge in [0.2, 0.25) is 5.91 Å². The first-order chi connectivity index (χ1) is 12.5. The molecule has 0 aromatic heterocycles. The predicted octanol–water partition coefficient (Wildman–Crippen LogP) is 3.95. The van der Waals surface area contributed by atoms with Crippen LogP contribution >= 0.6 is 0 Å². The van der Waals surface area contributed by atoms with Crippen molar-refractivity contribution >= 4 is 23.2 Å². The molecule has 4 rings (SSSR count). The summed E-state index contributed by atoms with van der Waals surface area (Å²) in [5.41, 5.74) is 3.20. The molecule has 2 amide bonds. The van der Waals surface area contributed by atoms with Crippen LogP contribution in [0.3, 0.4) is 0 Å². The van der Waals surface area contributed by atoms with E-state index in [0.29, 0.717) is 23.4 Å². The molecular formula is C21H22N2O3. The Hall–Kier alpha value is -2.82. The smallest absolute Gasteiger partial charge is 0.259 e. The number of carbonyl (C=O) groups excluding carboxylic acids is 2. The average Bonchev–Trinajstić information content (AvgIpc) is 3.19. The number of hydrogen-bond acceptors (Lipinski definition) is 3. The third-order valence-electron chi connectivity index (χ3n) is 5.30. The van der Waals surface area contributed by atoms with Crippen LogP contribution in [0.5, 0.6) is 5.75 Å². The average molecular weight is 350 g/mol. The summed E-state index contributed by atoms with van der Waals surface area (Å²) in [6.07, 6.45) is 1.57. The second-order valence-corrected chi connectivity index (χ2v) is 6.99. The van der Waals surface area contributed by atoms with E-state index in [9.17, 15) is 9.59 Å². The Balaban J connectivity index is 1.52. The fourth-order valence-electron chi connectivity index (χ4n) is 3.61. The third kappa shape index (κ3) is 2.83. The molecule has 0 spiro atoms. The molecule has 2 aliphatic rings. The minimum Gasteiger partial charge on any atom is -0.489 e. The maximum Gasteiger partial charge on any atom is 0.259 e. The number of ether oxygens (including phenoxy) is 1. The van der Waals surface area contributed by atoms with Crippen LogP contribution in [-0.4, -0.2) is 24.5 Å². The number of rotatable bonds is 3. The van der Waals surface area contributed by atoms with Gasteiger partial charge in [-0.2, -0.15) is 0 Å². The van der Waals surface area contributed by atoms with Crippen LogP contribution in [0, 0.1) is 0 Å². The Kier molecular flexibility index (Phi) is 4.15. The number of nitrogens with zero attached hydrogens (tertiary/aromatic N) is 1. The van der Waals surface area contributed by atoms with Crippen LogP contribution < -0.4 is 15.0 Å². The van der Waals surface area contributed by atoms with Gasteiger partial charge in [-0.3, -0.25) is 9.59 Å². The zero-order valence-corrected chi connectivity index (χ0v) is 15.0. The highest BCUT2D eigenvalue weighted by Crippen LogP contribution is 2.40. The van der Waals surface area contributed by atoms with Gasteiger partial charge < -0.3 is 15.0 Å². The number of benzene rings is 2. The summed E-state index contributed by atoms with van der Waals surface area (Å²) in [4.78, 5) is 26.3. The lowest BCUT2D eigenvalue weighted by Crippen LogP contribution is -2.23. The minimum atomic E-state index is -0.187. The van der Waals surface area contributed by atoms with Crippen LogP contribution in [0.15, 0.2) is 42.5 Å². The van der Waals surface area contributed by atoms with Crippen molar-refractivity contribution in [1.29, 1.82) is 0 Å². The van der Waals surface area contributed by atoms with E-state index >= 15 is 0 Å². The second kappa shape index (κ2) is 6.48. The summed E-state index contributed by atoms with van der Waals surface area (Å²) in [7, 11) is 0. The minimum absolute atomic E-state index is 0.0660. The predicted molar refractivity (Wildman–Crippen MR) is 101 cm³/mol. The molecule has 2 atom stereocenters. The highest BCUT2D eigenvalue weighted by Gasteiger charge is 2.31. The van der Waals surface area contributed by atoms with Gasteiger partial charge in [0.1, 0.15) is 11.9 Å². The summed E-state index contributed by atoms with van der Waals surface area (Å²) >= 11 is 0. The zero-order valence-electron chi connectivity index (χ0n) is 15.0. The number of para-hydroxylation sites is 1. The Morgan fingerprint density at radius 2 is 1.92 bits per heavy atom. The SMILES string of the molecule is CC1Oc2c(C(=O)Nc3ccc(N4CCCC4=O)cc3)cccc2C1C. The first kappa shape index (κ1) is 16.6. The van der Waals surface area contributed by atoms with E-state index in [-0.39, 0.29) is 23.8 Å². The molecule has 5 nitrogen and oxygen atoms in total. The standard InChI is InChI=1S/C21H22N2O3/c1-13-14(2)26-20-17(13)5-3-6-18(20)21(25)22-15-8-10-16(11-9-15)23-12-4-7-19(23)24/h3,5-6,8-11,13-14H,4,7,12H2,1-2H3,(H,22,25). The second-order valence-electron chi connectivity index (χ2n) is 6.99. The molecule has 26 heavy (non-hydrogen) atoms. The lowest BCUT2D eigenvalue weighted by atomic mass is 9.97. The molecule has 134 valence electrons. The van der Waals surface area contributed by atoms with E-state index in [4.69, 9.17) is 4.74 Å². The van der Waals surface area contributed by atoms with Gasteiger partial charge >= 0.3 is 0 Å². The molecule has 1 saturated heterocycles. The maximum atomic E-state index is 12.7. The van der Waals surface area contributed by atoms with Gasteiger partial charge in [-0.05, 0) is 43.7 Å². The molecule has 2 unspecified atom stereocenters. The van der Waals surface area contributed by atoms with Gasteiger partial charge in [0.05, 0.1) is 5.56 Å². The molecule has 2 aromatic rings. The van der Waals surface area contributed by atoms with Crippen LogP contribution in [0.1, 0.15) is 48.5 Å². The van der Waals surface area contributed by atoms with Gasteiger partial charge in [0, 0.05) is 35.8 Å². The van der Waals surface area contributed by atoms with Gasteiger partial charge in [-0.15, -0.1) is 0 Å². The van der Waals surface area contributed by atoms with Crippen molar-refractivity contribution in [3.05, 3.63) is 53.6 Å². The summed E-state index contributed by atoms with van der Waals surface area (Å²) in [6.45, 7) is 4.88. The molecule has 0 saturated carbocycles. The molecule has 0 aliphatic carbocycles. The Bertz CT molecular complexity index is 860. The van der Waals surface area contributed by atoms with Crippen molar-refractivity contribution in [1.82, 2.24) is 0 Å². The fraction of sp³-hybridized carbons (Fsp3) is 0.333. The molecule has 1 fully saturated rings. The van der Waals surface area contributed by atoms with Crippen LogP contribution in [0.4, 0.5) is 11.4 Å². The molecule has 5 heteroatoms. The van der Waals surface area contributed by atoms with Gasteiger partial charge in [-0.1, -0.05) is 19.1 Å². The van der Waals surface area contributed by atoms with E-state index in [2.05, 4.69) is 12.2 Å². The molecule has 2 heterocycles. The monoisotopic (exact) mass is 350 g/mol. The first-order valence-electron chi connectivity index (χ1n) is 9.06. The van der Waals surface area contributed by atoms with Crippen molar-refractivity contribution in [2.24, 2.45) is 0 Å². The lowest BCUT2D eigenvalue weighted by molar-refractivity contribution is -0.117. The van der Waals surface area contributed by atoms with Crippen LogP contribution in [-0.2, 0) is 4.79 Å². The summed E-state index contributed by atoms with van der Waals surface area (Å²) in [5, 5.41) is 2.92. The van der Waals surface area contributed by atoms with Crippen molar-refractivity contribution in [2.75, 3.05) is 16.8 Å². The topological polar surface area (TPSA) is 58.6 Å². The van der Waals surface area contributed by atoms with E-state index in [0.717, 1.165) is 24.2 Å². The number of anilines is 2. The largest absolute Gasteiger partial charge is 0.489 e. The summed E-state index contributed by atoms with van der Waals surface area (Å²) in [5.74, 6) is 0.925. The fourth-order valence-corrected chi connectivity index (χ4v) is 3.61. The zero-order chi connectivity index (χ0) is 18.3. The van der Waals surface area contributed by atoms with Crippen molar-refractivity contribution in [3.63, 3.8) is 0 Å². The molecule has 0 bridgehead atoms. The van der Waals surface area contributed by atoms with E-state index < -0.39 is 0 Å². The number of carbonyl (C=O) groups is 2. The van der Waals surface area contributed by atoms with E-state index in [1.807, 2.05) is 43.3 Å². The molecule has 0 radical (unpaired) electrons. The van der Waals surface area contributed by atoms with Crippen LogP contribution in [0.2, 0.25) is 0 Å². The number of nitrogens with one attached hydrogen (secondary N) is 1. The Morgan fingerprint density at radius 3 is 2.62 bits per heavy atom. The van der Waals surface area contributed by atoms with Gasteiger partial charge in [0.15, 0.2) is 0 Å². The normalized spacial score (nSPS) is 21.5. The quantitative estimate of drug-likeness (QED) is 0.912. The first-order valence-corrected chi connectivity index (χ1v) is 9.06. The highest BCUT2D eigenvalue weighted by molar-refractivity contribution is 6.06. The lowest BCUT2D eigenvalue weighted by Gasteiger charge is -2.16. The number of fused-ring (bicyclic) bond motifs is 1.